The van der Waals surface area contributed by atoms with E-state index in [-0.39, 0.29) is 41.3 Å². The monoisotopic (exact) mass is 511 g/mol. The summed E-state index contributed by atoms with van der Waals surface area (Å²) in [5.41, 5.74) is 3.99. The number of carbonyl (C=O) groups is 1. The molecule has 1 aliphatic heterocycles. The largest absolute Gasteiger partial charge is 0.489 e. The van der Waals surface area contributed by atoms with Crippen molar-refractivity contribution in [2.45, 2.75) is 24.1 Å². The molecule has 2 aromatic carbocycles. The van der Waals surface area contributed by atoms with E-state index < -0.39 is 63.9 Å². The first-order chi connectivity index (χ1) is 16.7. The molecule has 6 nitrogen and oxygen atoms in total. The minimum atomic E-state index is -5.17. The number of alkyl halides is 3. The first kappa shape index (κ1) is 25.5. The molecule has 190 valence electrons. The van der Waals surface area contributed by atoms with E-state index in [0.29, 0.717) is 0 Å². The molecule has 2 atom stereocenters. The second-order valence-corrected chi connectivity index (χ2v) is 8.60. The van der Waals surface area contributed by atoms with Crippen LogP contribution in [-0.2, 0) is 22.0 Å². The van der Waals surface area contributed by atoms with Gasteiger partial charge in [0.1, 0.15) is 46.5 Å². The van der Waals surface area contributed by atoms with Crippen LogP contribution in [0, 0.1) is 17.5 Å². The van der Waals surface area contributed by atoms with Gasteiger partial charge in [-0.3, -0.25) is 4.79 Å². The number of pyridine rings is 1. The highest BCUT2D eigenvalue weighted by Crippen LogP contribution is 2.47. The van der Waals surface area contributed by atoms with Crippen LogP contribution < -0.4 is 16.2 Å². The Kier molecular flexibility index (Phi) is 6.00. The maximum absolute atomic E-state index is 14.9. The quantitative estimate of drug-likeness (QED) is 0.454. The topological polar surface area (TPSA) is 111 Å². The molecule has 4 rings (SSSR count). The summed E-state index contributed by atoms with van der Waals surface area (Å²) in [6.07, 6.45) is -5.17. The normalized spacial score (nSPS) is 18.9. The molecule has 0 radical (unpaired) electrons. The number of nitrogens with two attached hydrogens (primary N) is 2. The second kappa shape index (κ2) is 8.49. The lowest BCUT2D eigenvalue weighted by atomic mass is 9.80. The van der Waals surface area contributed by atoms with E-state index >= 15 is 0 Å². The third kappa shape index (κ3) is 3.95. The number of aromatic nitrogens is 1. The number of fused-ring (bicyclic) bond motifs is 1. The summed E-state index contributed by atoms with van der Waals surface area (Å²) in [6.45, 7) is 0.419. The fourth-order valence-electron chi connectivity index (χ4n) is 4.05. The molecular formula is C24H19F6N3O3. The molecule has 3 aromatic rings. The number of hydrogen-bond donors (Lipinski definition) is 3. The van der Waals surface area contributed by atoms with Crippen molar-refractivity contribution in [2.24, 2.45) is 11.5 Å². The molecule has 0 unspecified atom stereocenters. The van der Waals surface area contributed by atoms with Gasteiger partial charge in [0.2, 0.25) is 5.91 Å². The zero-order valence-corrected chi connectivity index (χ0v) is 18.6. The Labute approximate surface area is 200 Å². The number of aliphatic hydroxyl groups is 1. The predicted molar refractivity (Wildman–Crippen MR) is 115 cm³/mol. The third-order valence-corrected chi connectivity index (χ3v) is 6.26. The lowest BCUT2D eigenvalue weighted by Gasteiger charge is -2.29. The van der Waals surface area contributed by atoms with Crippen LogP contribution in [0.4, 0.5) is 26.3 Å². The maximum Gasteiger partial charge on any atom is 0.419 e. The number of rotatable bonds is 5. The molecule has 0 aliphatic carbocycles. The number of carbonyl (C=O) groups excluding carboxylic acids is 1. The summed E-state index contributed by atoms with van der Waals surface area (Å²) < 4.78 is 88.5. The molecule has 0 fully saturated rings. The van der Waals surface area contributed by atoms with E-state index in [1.807, 2.05) is 0 Å². The highest BCUT2D eigenvalue weighted by atomic mass is 19.4. The van der Waals surface area contributed by atoms with Crippen molar-refractivity contribution in [3.05, 3.63) is 82.3 Å². The molecule has 0 saturated carbocycles. The summed E-state index contributed by atoms with van der Waals surface area (Å²) in [5.74, 6) is -5.16. The summed E-state index contributed by atoms with van der Waals surface area (Å²) >= 11 is 0. The summed E-state index contributed by atoms with van der Waals surface area (Å²) in [5, 5.41) is 11.5. The van der Waals surface area contributed by atoms with E-state index in [4.69, 9.17) is 16.2 Å². The molecule has 12 heteroatoms. The number of amides is 1. The van der Waals surface area contributed by atoms with Crippen LogP contribution in [0.5, 0.6) is 5.75 Å². The number of primary amides is 1. The van der Waals surface area contributed by atoms with E-state index in [0.717, 1.165) is 12.1 Å². The fourth-order valence-corrected chi connectivity index (χ4v) is 4.05. The number of ether oxygens (including phenoxy) is 1. The Morgan fingerprint density at radius 3 is 2.42 bits per heavy atom. The van der Waals surface area contributed by atoms with E-state index in [1.165, 1.54) is 25.1 Å². The van der Waals surface area contributed by atoms with Gasteiger partial charge in [0.25, 0.3) is 0 Å². The minimum Gasteiger partial charge on any atom is -0.489 e. The van der Waals surface area contributed by atoms with Gasteiger partial charge in [0.15, 0.2) is 0 Å². The van der Waals surface area contributed by atoms with Gasteiger partial charge in [-0.1, -0.05) is 12.1 Å². The highest BCUT2D eigenvalue weighted by molar-refractivity contribution is 5.90. The first-order valence-electron chi connectivity index (χ1n) is 10.5. The van der Waals surface area contributed by atoms with Crippen LogP contribution in [0.15, 0.2) is 42.5 Å². The molecule has 0 saturated heterocycles. The first-order valence-corrected chi connectivity index (χ1v) is 10.5. The average molecular weight is 511 g/mol. The molecule has 0 spiro atoms. The third-order valence-electron chi connectivity index (χ3n) is 6.26. The van der Waals surface area contributed by atoms with Gasteiger partial charge in [-0.25, -0.2) is 18.2 Å². The Morgan fingerprint density at radius 2 is 1.83 bits per heavy atom. The molecular weight excluding hydrogens is 492 g/mol. The predicted octanol–water partition coefficient (Wildman–Crippen LogP) is 3.51. The van der Waals surface area contributed by atoms with Crippen molar-refractivity contribution in [3.63, 3.8) is 0 Å². The number of nitrogens with zero attached hydrogens (tertiary/aromatic N) is 1. The molecule has 2 heterocycles. The van der Waals surface area contributed by atoms with Crippen LogP contribution in [0.25, 0.3) is 11.3 Å². The van der Waals surface area contributed by atoms with Crippen molar-refractivity contribution in [1.29, 1.82) is 0 Å². The van der Waals surface area contributed by atoms with Gasteiger partial charge in [-0.15, -0.1) is 0 Å². The van der Waals surface area contributed by atoms with Crippen LogP contribution in [-0.4, -0.2) is 29.1 Å². The Bertz CT molecular complexity index is 1380. The lowest BCUT2D eigenvalue weighted by Crippen LogP contribution is -2.41. The van der Waals surface area contributed by atoms with Crippen molar-refractivity contribution in [3.8, 4) is 17.0 Å². The van der Waals surface area contributed by atoms with Gasteiger partial charge >= 0.3 is 6.18 Å². The van der Waals surface area contributed by atoms with Crippen LogP contribution in [0.2, 0.25) is 0 Å². The molecule has 0 bridgehead atoms. The fraction of sp³-hybridized carbons (Fsp3) is 0.250. The van der Waals surface area contributed by atoms with E-state index in [1.54, 1.807) is 0 Å². The van der Waals surface area contributed by atoms with Crippen molar-refractivity contribution in [2.75, 3.05) is 13.2 Å². The Morgan fingerprint density at radius 1 is 1.14 bits per heavy atom. The zero-order chi connectivity index (χ0) is 26.6. The van der Waals surface area contributed by atoms with Crippen LogP contribution >= 0.6 is 0 Å². The maximum atomic E-state index is 14.9. The summed E-state index contributed by atoms with van der Waals surface area (Å²) in [4.78, 5) is 16.4. The van der Waals surface area contributed by atoms with Crippen molar-refractivity contribution < 1.29 is 41.0 Å². The smallest absolute Gasteiger partial charge is 0.419 e. The molecule has 1 aliphatic rings. The number of halogens is 6. The number of hydrogen-bond acceptors (Lipinski definition) is 5. The summed E-state index contributed by atoms with van der Waals surface area (Å²) in [7, 11) is 0. The van der Waals surface area contributed by atoms with Gasteiger partial charge in [-0.2, -0.15) is 13.2 Å². The molecule has 5 N–H and O–H groups in total. The Balaban J connectivity index is 2.08. The molecule has 36 heavy (non-hydrogen) atoms. The standard InChI is InChI=1S/C24H19F6N3O3/c1-22(21(32)34)10-36-20-15(22)7-18(23(35,9-31)11-3-2-4-12(25)5-11)33-19(20)13-6-14(24(28,29)30)17(27)8-16(13)26/h2-8,35H,9-10,31H2,1H3,(H2,32,34)/t22-,23+/m0/s1. The number of benzene rings is 2. The van der Waals surface area contributed by atoms with Crippen LogP contribution in [0.3, 0.4) is 0 Å². The van der Waals surface area contributed by atoms with E-state index in [9.17, 15) is 36.2 Å². The summed E-state index contributed by atoms with van der Waals surface area (Å²) in [6, 6.07) is 6.13. The second-order valence-electron chi connectivity index (χ2n) is 8.60. The minimum absolute atomic E-state index is 0.0180. The highest BCUT2D eigenvalue weighted by Gasteiger charge is 2.46. The van der Waals surface area contributed by atoms with Gasteiger partial charge in [-0.05, 0) is 36.8 Å². The molecule has 1 amide bonds. The van der Waals surface area contributed by atoms with Crippen molar-refractivity contribution >= 4 is 5.91 Å². The van der Waals surface area contributed by atoms with Crippen molar-refractivity contribution in [1.82, 2.24) is 4.98 Å². The van der Waals surface area contributed by atoms with E-state index in [2.05, 4.69) is 4.98 Å². The van der Waals surface area contributed by atoms with Gasteiger partial charge in [0, 0.05) is 23.7 Å². The van der Waals surface area contributed by atoms with Gasteiger partial charge in [0.05, 0.1) is 11.3 Å². The van der Waals surface area contributed by atoms with Gasteiger partial charge < -0.3 is 21.3 Å². The SMILES string of the molecule is C[C@]1(C(N)=O)COc2c1cc([C@@](O)(CN)c1cccc(F)c1)nc2-c1cc(C(F)(F)F)c(F)cc1F. The molecule has 1 aromatic heterocycles. The lowest BCUT2D eigenvalue weighted by molar-refractivity contribution is -0.140. The Hall–Kier alpha value is -3.64. The average Bonchev–Trinajstić information content (AvgIpc) is 3.15. The van der Waals surface area contributed by atoms with Crippen LogP contribution in [0.1, 0.15) is 29.3 Å². The zero-order valence-electron chi connectivity index (χ0n) is 18.6.